The van der Waals surface area contributed by atoms with E-state index in [0.717, 1.165) is 25.9 Å². The molecule has 94 valence electrons. The number of hydrogen-bond acceptors (Lipinski definition) is 5. The average molecular weight is 240 g/mol. The van der Waals surface area contributed by atoms with Crippen molar-refractivity contribution in [2.45, 2.75) is 12.8 Å². The van der Waals surface area contributed by atoms with Crippen molar-refractivity contribution in [1.82, 2.24) is 9.55 Å². The van der Waals surface area contributed by atoms with Crippen LogP contribution in [0.4, 0.5) is 11.6 Å². The third-order valence-electron chi connectivity index (χ3n) is 3.23. The van der Waals surface area contributed by atoms with E-state index in [0.29, 0.717) is 11.7 Å². The lowest BCUT2D eigenvalue weighted by atomic mass is 9.98. The molecule has 2 rings (SSSR count). The Morgan fingerprint density at radius 2 is 2.24 bits per heavy atom. The van der Waals surface area contributed by atoms with Gasteiger partial charge in [-0.25, -0.2) is 0 Å². The molecule has 0 amide bonds. The summed E-state index contributed by atoms with van der Waals surface area (Å²) in [6.07, 6.45) is 3.18. The van der Waals surface area contributed by atoms with Gasteiger partial charge in [0, 0.05) is 26.7 Å². The van der Waals surface area contributed by atoms with Crippen LogP contribution in [0.2, 0.25) is 0 Å². The van der Waals surface area contributed by atoms with Crippen LogP contribution in [-0.4, -0.2) is 39.3 Å². The molecule has 1 aromatic rings. The van der Waals surface area contributed by atoms with Gasteiger partial charge in [0.25, 0.3) is 0 Å². The highest BCUT2D eigenvalue weighted by Gasteiger charge is 2.28. The van der Waals surface area contributed by atoms with Crippen LogP contribution in [0.15, 0.2) is 6.33 Å². The SMILES string of the molecule is Cn1cnc([N+](=O)[O-])c1N1CCC(CO)CC1. The zero-order chi connectivity index (χ0) is 12.4. The molecule has 1 fully saturated rings. The Hall–Kier alpha value is -1.63. The number of nitrogens with zero attached hydrogens (tertiary/aromatic N) is 4. The maximum absolute atomic E-state index is 10.9. The maximum Gasteiger partial charge on any atom is 0.406 e. The van der Waals surface area contributed by atoms with E-state index in [1.165, 1.54) is 6.33 Å². The predicted molar refractivity (Wildman–Crippen MR) is 61.9 cm³/mol. The first-order valence-electron chi connectivity index (χ1n) is 5.65. The van der Waals surface area contributed by atoms with Crippen LogP contribution in [0.25, 0.3) is 0 Å². The van der Waals surface area contributed by atoms with Gasteiger partial charge < -0.3 is 20.1 Å². The smallest absolute Gasteiger partial charge is 0.396 e. The highest BCUT2D eigenvalue weighted by molar-refractivity contribution is 5.54. The first-order chi connectivity index (χ1) is 8.13. The number of aromatic nitrogens is 2. The molecule has 7 nitrogen and oxygen atoms in total. The summed E-state index contributed by atoms with van der Waals surface area (Å²) in [5.41, 5.74) is 0. The first-order valence-corrected chi connectivity index (χ1v) is 5.65. The molecule has 1 saturated heterocycles. The van der Waals surface area contributed by atoms with Gasteiger partial charge in [-0.2, -0.15) is 0 Å². The average Bonchev–Trinajstić information content (AvgIpc) is 2.71. The topological polar surface area (TPSA) is 84.4 Å². The van der Waals surface area contributed by atoms with Crippen LogP contribution in [-0.2, 0) is 7.05 Å². The number of imidazole rings is 1. The van der Waals surface area contributed by atoms with E-state index >= 15 is 0 Å². The minimum atomic E-state index is -0.451. The minimum Gasteiger partial charge on any atom is -0.396 e. The summed E-state index contributed by atoms with van der Waals surface area (Å²) in [5, 5.41) is 19.9. The van der Waals surface area contributed by atoms with E-state index in [2.05, 4.69) is 4.98 Å². The Balaban J connectivity index is 2.18. The van der Waals surface area contributed by atoms with Gasteiger partial charge in [-0.05, 0) is 28.7 Å². The van der Waals surface area contributed by atoms with Crippen molar-refractivity contribution in [3.8, 4) is 0 Å². The fraction of sp³-hybridized carbons (Fsp3) is 0.700. The number of anilines is 1. The molecule has 0 aliphatic carbocycles. The lowest BCUT2D eigenvalue weighted by Crippen LogP contribution is -2.36. The lowest BCUT2D eigenvalue weighted by Gasteiger charge is -2.31. The van der Waals surface area contributed by atoms with E-state index in [4.69, 9.17) is 5.11 Å². The fourth-order valence-corrected chi connectivity index (χ4v) is 2.23. The Kier molecular flexibility index (Phi) is 3.28. The van der Waals surface area contributed by atoms with Crippen molar-refractivity contribution in [2.24, 2.45) is 13.0 Å². The molecule has 1 aliphatic rings. The molecule has 0 radical (unpaired) electrons. The summed E-state index contributed by atoms with van der Waals surface area (Å²) in [7, 11) is 1.76. The van der Waals surface area contributed by atoms with E-state index < -0.39 is 4.92 Å². The van der Waals surface area contributed by atoms with Crippen LogP contribution < -0.4 is 4.90 Å². The zero-order valence-corrected chi connectivity index (χ0v) is 9.74. The number of aliphatic hydroxyl groups excluding tert-OH is 1. The van der Waals surface area contributed by atoms with Gasteiger partial charge in [0.1, 0.15) is 0 Å². The van der Waals surface area contributed by atoms with Gasteiger partial charge in [-0.15, -0.1) is 0 Å². The Labute approximate surface area is 98.8 Å². The largest absolute Gasteiger partial charge is 0.406 e. The summed E-state index contributed by atoms with van der Waals surface area (Å²) < 4.78 is 1.68. The molecule has 0 bridgehead atoms. The molecule has 0 spiro atoms. The Morgan fingerprint density at radius 1 is 1.59 bits per heavy atom. The summed E-state index contributed by atoms with van der Waals surface area (Å²) in [6, 6.07) is 0. The molecule has 0 saturated carbocycles. The number of aliphatic hydroxyl groups is 1. The second-order valence-corrected chi connectivity index (χ2v) is 4.37. The van der Waals surface area contributed by atoms with Gasteiger partial charge in [-0.3, -0.25) is 4.57 Å². The van der Waals surface area contributed by atoms with Crippen LogP contribution in [0.5, 0.6) is 0 Å². The molecule has 7 heteroatoms. The standard InChI is InChI=1S/C10H16N4O3/c1-12-7-11-9(14(16)17)10(12)13-4-2-8(6-15)3-5-13/h7-8,15H,2-6H2,1H3. The van der Waals surface area contributed by atoms with Crippen molar-refractivity contribution in [1.29, 1.82) is 0 Å². The molecule has 17 heavy (non-hydrogen) atoms. The van der Waals surface area contributed by atoms with E-state index in [9.17, 15) is 10.1 Å². The zero-order valence-electron chi connectivity index (χ0n) is 9.74. The van der Waals surface area contributed by atoms with Gasteiger partial charge in [0.05, 0.1) is 0 Å². The van der Waals surface area contributed by atoms with Crippen LogP contribution in [0.3, 0.4) is 0 Å². The maximum atomic E-state index is 10.9. The quantitative estimate of drug-likeness (QED) is 0.615. The molecular weight excluding hydrogens is 224 g/mol. The molecule has 0 aromatic carbocycles. The lowest BCUT2D eigenvalue weighted by molar-refractivity contribution is -0.388. The minimum absolute atomic E-state index is 0.0880. The normalized spacial score (nSPS) is 17.4. The van der Waals surface area contributed by atoms with E-state index in [1.54, 1.807) is 11.6 Å². The number of piperidine rings is 1. The first kappa shape index (κ1) is 11.8. The van der Waals surface area contributed by atoms with E-state index in [1.807, 2.05) is 4.90 Å². The van der Waals surface area contributed by atoms with Crippen LogP contribution in [0.1, 0.15) is 12.8 Å². The number of hydrogen-bond donors (Lipinski definition) is 1. The molecule has 1 aliphatic heterocycles. The number of aryl methyl sites for hydroxylation is 1. The fourth-order valence-electron chi connectivity index (χ4n) is 2.23. The summed E-state index contributed by atoms with van der Waals surface area (Å²) >= 11 is 0. The van der Waals surface area contributed by atoms with Crippen molar-refractivity contribution in [2.75, 3.05) is 24.6 Å². The Morgan fingerprint density at radius 3 is 2.76 bits per heavy atom. The molecular formula is C10H16N4O3. The summed E-state index contributed by atoms with van der Waals surface area (Å²) in [6.45, 7) is 1.65. The number of rotatable bonds is 3. The van der Waals surface area contributed by atoms with Crippen LogP contribution >= 0.6 is 0 Å². The second-order valence-electron chi connectivity index (χ2n) is 4.37. The van der Waals surface area contributed by atoms with Crippen LogP contribution in [0, 0.1) is 16.0 Å². The Bertz CT molecular complexity index is 410. The van der Waals surface area contributed by atoms with Gasteiger partial charge in [0.15, 0.2) is 0 Å². The molecule has 1 N–H and O–H groups in total. The van der Waals surface area contributed by atoms with Crippen molar-refractivity contribution in [3.63, 3.8) is 0 Å². The summed E-state index contributed by atoms with van der Waals surface area (Å²) in [4.78, 5) is 16.2. The van der Waals surface area contributed by atoms with Crippen molar-refractivity contribution >= 4 is 11.6 Å². The van der Waals surface area contributed by atoms with Gasteiger partial charge in [-0.1, -0.05) is 0 Å². The summed E-state index contributed by atoms with van der Waals surface area (Å²) in [5.74, 6) is 0.792. The molecule has 2 heterocycles. The molecule has 0 atom stereocenters. The third-order valence-corrected chi connectivity index (χ3v) is 3.23. The van der Waals surface area contributed by atoms with Gasteiger partial charge >= 0.3 is 5.82 Å². The third kappa shape index (κ3) is 2.23. The molecule has 1 aromatic heterocycles. The van der Waals surface area contributed by atoms with Crippen molar-refractivity contribution in [3.05, 3.63) is 16.4 Å². The second kappa shape index (κ2) is 4.70. The predicted octanol–water partition coefficient (Wildman–Crippen LogP) is 0.537. The highest BCUT2D eigenvalue weighted by Crippen LogP contribution is 2.29. The monoisotopic (exact) mass is 240 g/mol. The van der Waals surface area contributed by atoms with E-state index in [-0.39, 0.29) is 12.4 Å². The van der Waals surface area contributed by atoms with Crippen molar-refractivity contribution < 1.29 is 10.0 Å². The highest BCUT2D eigenvalue weighted by atomic mass is 16.6. The number of nitro groups is 1. The van der Waals surface area contributed by atoms with Gasteiger partial charge in [0.2, 0.25) is 12.1 Å². The molecule has 0 unspecified atom stereocenters.